The Hall–Kier alpha value is -5.38. The molecule has 2 amide bonds. The van der Waals surface area contributed by atoms with Crippen LogP contribution in [0.1, 0.15) is 62.6 Å². The van der Waals surface area contributed by atoms with Crippen molar-refractivity contribution in [2.75, 3.05) is 0 Å². The number of carbonyl (C=O) groups is 3. The predicted molar refractivity (Wildman–Crippen MR) is 162 cm³/mol. The normalized spacial score (nSPS) is 16.3. The van der Waals surface area contributed by atoms with Crippen molar-refractivity contribution in [3.63, 3.8) is 0 Å². The van der Waals surface area contributed by atoms with E-state index in [1.54, 1.807) is 36.5 Å². The number of hydrogen-bond acceptors (Lipinski definition) is 6. The SMILES string of the molecule is Cc1cccc2nc(C(=O)NC3CCC(NC(=O)c4cc(F)cnc4Oc4cccc(-c5ccc(C=O)cc5)c4)CC3)cn12. The molecule has 10 heteroatoms. The van der Waals surface area contributed by atoms with E-state index in [2.05, 4.69) is 20.6 Å². The van der Waals surface area contributed by atoms with Crippen LogP contribution in [0.2, 0.25) is 0 Å². The number of rotatable bonds is 8. The van der Waals surface area contributed by atoms with Gasteiger partial charge in [0.05, 0.1) is 6.20 Å². The first-order valence-electron chi connectivity index (χ1n) is 14.4. The Morgan fingerprint density at radius 1 is 0.909 bits per heavy atom. The highest BCUT2D eigenvalue weighted by Crippen LogP contribution is 2.29. The fourth-order valence-electron chi connectivity index (χ4n) is 5.44. The number of nitrogens with zero attached hydrogens (tertiary/aromatic N) is 3. The first kappa shape index (κ1) is 28.7. The van der Waals surface area contributed by atoms with Gasteiger partial charge in [0.2, 0.25) is 5.88 Å². The fourth-order valence-corrected chi connectivity index (χ4v) is 5.44. The van der Waals surface area contributed by atoms with Crippen molar-refractivity contribution in [2.24, 2.45) is 0 Å². The third-order valence-corrected chi connectivity index (χ3v) is 7.82. The molecular weight excluding hydrogens is 561 g/mol. The smallest absolute Gasteiger partial charge is 0.271 e. The fraction of sp³-hybridized carbons (Fsp3) is 0.206. The Balaban J connectivity index is 1.08. The molecule has 3 aromatic heterocycles. The van der Waals surface area contributed by atoms with E-state index in [4.69, 9.17) is 4.74 Å². The van der Waals surface area contributed by atoms with Crippen LogP contribution in [0.4, 0.5) is 4.39 Å². The number of imidazole rings is 1. The summed E-state index contributed by atoms with van der Waals surface area (Å²) in [5.74, 6) is -0.955. The topological polar surface area (TPSA) is 115 Å². The number of pyridine rings is 2. The Morgan fingerprint density at radius 2 is 1.61 bits per heavy atom. The van der Waals surface area contributed by atoms with Gasteiger partial charge in [0.1, 0.15) is 34.8 Å². The standard InChI is InChI=1S/C34H30FN5O4/c1-21-4-2-7-31-39-30(19-40(21)31)33(43)38-27-14-12-26(13-15-27)37-32(42)29-17-25(35)18-36-34(29)44-28-6-3-5-24(16-28)23-10-8-22(20-41)9-11-23/h2-11,16-20,26-27H,12-15H2,1H3,(H,37,42)(H,38,43). The lowest BCUT2D eigenvalue weighted by Gasteiger charge is -2.29. The summed E-state index contributed by atoms with van der Waals surface area (Å²) in [6.45, 7) is 1.96. The first-order chi connectivity index (χ1) is 21.4. The van der Waals surface area contributed by atoms with Gasteiger partial charge in [-0.2, -0.15) is 0 Å². The number of aromatic nitrogens is 3. The maximum atomic E-state index is 14.2. The van der Waals surface area contributed by atoms with Crippen molar-refractivity contribution in [3.8, 4) is 22.8 Å². The highest BCUT2D eigenvalue weighted by molar-refractivity contribution is 5.96. The number of aryl methyl sites for hydroxylation is 1. The van der Waals surface area contributed by atoms with Crippen LogP contribution in [0.5, 0.6) is 11.6 Å². The lowest BCUT2D eigenvalue weighted by molar-refractivity contribution is 0.0888. The minimum Gasteiger partial charge on any atom is -0.438 e. The average molecular weight is 592 g/mol. The molecule has 9 nitrogen and oxygen atoms in total. The van der Waals surface area contributed by atoms with Crippen LogP contribution in [0, 0.1) is 12.7 Å². The number of nitrogens with one attached hydrogen (secondary N) is 2. The van der Waals surface area contributed by atoms with Crippen LogP contribution < -0.4 is 15.4 Å². The van der Waals surface area contributed by atoms with Crippen molar-refractivity contribution in [2.45, 2.75) is 44.7 Å². The number of amides is 2. The van der Waals surface area contributed by atoms with Crippen LogP contribution in [0.25, 0.3) is 16.8 Å². The van der Waals surface area contributed by atoms with Gasteiger partial charge < -0.3 is 19.8 Å². The minimum atomic E-state index is -0.653. The van der Waals surface area contributed by atoms with Crippen molar-refractivity contribution < 1.29 is 23.5 Å². The molecule has 1 fully saturated rings. The van der Waals surface area contributed by atoms with Crippen molar-refractivity contribution in [3.05, 3.63) is 114 Å². The summed E-state index contributed by atoms with van der Waals surface area (Å²) in [4.78, 5) is 45.6. The summed E-state index contributed by atoms with van der Waals surface area (Å²) >= 11 is 0. The van der Waals surface area contributed by atoms with Crippen LogP contribution in [-0.2, 0) is 0 Å². The molecule has 0 unspecified atom stereocenters. The number of halogens is 1. The zero-order chi connectivity index (χ0) is 30.6. The van der Waals surface area contributed by atoms with E-state index in [1.165, 1.54) is 0 Å². The van der Waals surface area contributed by atoms with Gasteiger partial charge in [-0.1, -0.05) is 42.5 Å². The maximum Gasteiger partial charge on any atom is 0.271 e. The lowest BCUT2D eigenvalue weighted by atomic mass is 9.91. The van der Waals surface area contributed by atoms with Gasteiger partial charge in [0, 0.05) is 29.5 Å². The molecule has 1 aliphatic rings. The molecule has 0 radical (unpaired) electrons. The van der Waals surface area contributed by atoms with Gasteiger partial charge in [-0.3, -0.25) is 14.4 Å². The van der Waals surface area contributed by atoms with Gasteiger partial charge in [-0.05, 0) is 74.1 Å². The molecule has 0 saturated heterocycles. The molecule has 5 aromatic rings. The molecule has 6 rings (SSSR count). The number of aldehydes is 1. The van der Waals surface area contributed by atoms with E-state index in [-0.39, 0.29) is 29.4 Å². The van der Waals surface area contributed by atoms with Crippen molar-refractivity contribution >= 4 is 23.7 Å². The van der Waals surface area contributed by atoms with E-state index in [0.29, 0.717) is 42.7 Å². The second kappa shape index (κ2) is 12.5. The molecule has 0 aliphatic heterocycles. The summed E-state index contributed by atoms with van der Waals surface area (Å²) < 4.78 is 22.0. The number of benzene rings is 2. The van der Waals surface area contributed by atoms with Crippen LogP contribution in [0.15, 0.2) is 85.2 Å². The van der Waals surface area contributed by atoms with Crippen molar-refractivity contribution in [1.82, 2.24) is 25.0 Å². The summed E-state index contributed by atoms with van der Waals surface area (Å²) in [5, 5.41) is 6.05. The second-order valence-corrected chi connectivity index (χ2v) is 10.9. The third-order valence-electron chi connectivity index (χ3n) is 7.82. The third kappa shape index (κ3) is 6.34. The van der Waals surface area contributed by atoms with Gasteiger partial charge in [0.25, 0.3) is 11.8 Å². The molecule has 0 atom stereocenters. The van der Waals surface area contributed by atoms with E-state index in [1.807, 2.05) is 47.7 Å². The Kier molecular flexibility index (Phi) is 8.14. The zero-order valence-electron chi connectivity index (χ0n) is 24.0. The minimum absolute atomic E-state index is 0.0108. The quantitative estimate of drug-likeness (QED) is 0.217. The van der Waals surface area contributed by atoms with Gasteiger partial charge >= 0.3 is 0 Å². The summed E-state index contributed by atoms with van der Waals surface area (Å²) in [6, 6.07) is 20.9. The summed E-state index contributed by atoms with van der Waals surface area (Å²) in [6.07, 6.45) is 6.16. The van der Waals surface area contributed by atoms with E-state index < -0.39 is 11.7 Å². The molecular formula is C34H30FN5O4. The van der Waals surface area contributed by atoms with Crippen molar-refractivity contribution in [1.29, 1.82) is 0 Å². The van der Waals surface area contributed by atoms with Crippen LogP contribution in [-0.4, -0.2) is 44.6 Å². The lowest BCUT2D eigenvalue weighted by Crippen LogP contribution is -2.44. The number of fused-ring (bicyclic) bond motifs is 1. The van der Waals surface area contributed by atoms with Crippen LogP contribution >= 0.6 is 0 Å². The van der Waals surface area contributed by atoms with E-state index in [9.17, 15) is 18.8 Å². The molecule has 44 heavy (non-hydrogen) atoms. The van der Waals surface area contributed by atoms with Gasteiger partial charge in [0.15, 0.2) is 0 Å². The summed E-state index contributed by atoms with van der Waals surface area (Å²) in [7, 11) is 0. The molecule has 3 heterocycles. The monoisotopic (exact) mass is 591 g/mol. The largest absolute Gasteiger partial charge is 0.438 e. The molecule has 0 bridgehead atoms. The van der Waals surface area contributed by atoms with E-state index in [0.717, 1.165) is 41.0 Å². The van der Waals surface area contributed by atoms with Gasteiger partial charge in [-0.15, -0.1) is 0 Å². The average Bonchev–Trinajstić information content (AvgIpc) is 3.49. The zero-order valence-corrected chi connectivity index (χ0v) is 24.0. The molecule has 1 aliphatic carbocycles. The Bertz CT molecular complexity index is 1840. The maximum absolute atomic E-state index is 14.2. The van der Waals surface area contributed by atoms with Crippen LogP contribution in [0.3, 0.4) is 0 Å². The van der Waals surface area contributed by atoms with E-state index >= 15 is 0 Å². The molecule has 1 saturated carbocycles. The number of hydrogen-bond donors (Lipinski definition) is 2. The molecule has 2 aromatic carbocycles. The summed E-state index contributed by atoms with van der Waals surface area (Å²) in [5.41, 5.74) is 4.35. The van der Waals surface area contributed by atoms with Gasteiger partial charge in [-0.25, -0.2) is 14.4 Å². The highest BCUT2D eigenvalue weighted by atomic mass is 19.1. The number of carbonyl (C=O) groups excluding carboxylic acids is 3. The highest BCUT2D eigenvalue weighted by Gasteiger charge is 2.26. The first-order valence-corrected chi connectivity index (χ1v) is 14.4. The Morgan fingerprint density at radius 3 is 2.32 bits per heavy atom. The molecule has 222 valence electrons. The molecule has 2 N–H and O–H groups in total. The molecule has 0 spiro atoms. The number of ether oxygens (including phenoxy) is 1. The Labute approximate surface area is 253 Å². The second-order valence-electron chi connectivity index (χ2n) is 10.9. The predicted octanol–water partition coefficient (Wildman–Crippen LogP) is 5.92.